The fourth-order valence-corrected chi connectivity index (χ4v) is 3.56. The summed E-state index contributed by atoms with van der Waals surface area (Å²) >= 11 is 0. The van der Waals surface area contributed by atoms with E-state index in [0.29, 0.717) is 6.04 Å². The normalized spacial score (nSPS) is 37.4. The Morgan fingerprint density at radius 3 is 2.35 bits per heavy atom. The minimum atomic E-state index is 0.469. The number of likely N-dealkylation sites (tertiary alicyclic amines) is 1. The van der Waals surface area contributed by atoms with Gasteiger partial charge in [0.15, 0.2) is 0 Å². The van der Waals surface area contributed by atoms with Crippen LogP contribution in [0.2, 0.25) is 0 Å². The van der Waals surface area contributed by atoms with Crippen molar-refractivity contribution in [1.82, 2.24) is 4.90 Å². The average molecular weight is 238 g/mol. The molecule has 100 valence electrons. The van der Waals surface area contributed by atoms with E-state index in [1.54, 1.807) is 0 Å². The topological polar surface area (TPSA) is 29.3 Å². The molecule has 17 heavy (non-hydrogen) atoms. The maximum atomic E-state index is 6.30. The molecule has 2 N–H and O–H groups in total. The summed E-state index contributed by atoms with van der Waals surface area (Å²) < 4.78 is 0. The third-order valence-electron chi connectivity index (χ3n) is 4.74. The molecule has 1 aliphatic carbocycles. The highest BCUT2D eigenvalue weighted by Gasteiger charge is 2.27. The molecule has 3 unspecified atom stereocenters. The van der Waals surface area contributed by atoms with Crippen molar-refractivity contribution < 1.29 is 0 Å². The summed E-state index contributed by atoms with van der Waals surface area (Å²) in [5.74, 6) is 1.66. The predicted molar refractivity (Wildman–Crippen MR) is 74.0 cm³/mol. The lowest BCUT2D eigenvalue weighted by Gasteiger charge is -2.36. The van der Waals surface area contributed by atoms with E-state index < -0.39 is 0 Å². The monoisotopic (exact) mass is 238 g/mol. The molecule has 2 heteroatoms. The predicted octanol–water partition coefficient (Wildman–Crippen LogP) is 3.02. The van der Waals surface area contributed by atoms with Crippen molar-refractivity contribution in [2.24, 2.45) is 17.6 Å². The maximum absolute atomic E-state index is 6.30. The first-order valence-corrected chi connectivity index (χ1v) is 7.73. The Balaban J connectivity index is 1.80. The highest BCUT2D eigenvalue weighted by atomic mass is 15.1. The van der Waals surface area contributed by atoms with Crippen LogP contribution in [0, 0.1) is 11.8 Å². The zero-order chi connectivity index (χ0) is 12.1. The summed E-state index contributed by atoms with van der Waals surface area (Å²) in [6.07, 6.45) is 11.1. The molecular formula is C15H30N2. The summed E-state index contributed by atoms with van der Waals surface area (Å²) in [6, 6.07) is 0.469. The molecule has 2 fully saturated rings. The lowest BCUT2D eigenvalue weighted by Crippen LogP contribution is -2.43. The summed E-state index contributed by atoms with van der Waals surface area (Å²) in [7, 11) is 0. The van der Waals surface area contributed by atoms with Gasteiger partial charge in [0.05, 0.1) is 0 Å². The van der Waals surface area contributed by atoms with E-state index in [2.05, 4.69) is 11.8 Å². The highest BCUT2D eigenvalue weighted by Crippen LogP contribution is 2.29. The van der Waals surface area contributed by atoms with E-state index in [0.717, 1.165) is 11.8 Å². The van der Waals surface area contributed by atoms with Gasteiger partial charge < -0.3 is 10.6 Å². The molecule has 0 aromatic heterocycles. The first kappa shape index (κ1) is 13.4. The van der Waals surface area contributed by atoms with Crippen molar-refractivity contribution >= 4 is 0 Å². The van der Waals surface area contributed by atoms with Gasteiger partial charge in [-0.2, -0.15) is 0 Å². The van der Waals surface area contributed by atoms with Gasteiger partial charge in [-0.25, -0.2) is 0 Å². The van der Waals surface area contributed by atoms with Crippen molar-refractivity contribution in [1.29, 1.82) is 0 Å². The SMILES string of the molecule is CC1CCC(N)C(CN2CCCCCCC2)C1. The largest absolute Gasteiger partial charge is 0.327 e. The van der Waals surface area contributed by atoms with Crippen molar-refractivity contribution in [2.75, 3.05) is 19.6 Å². The van der Waals surface area contributed by atoms with E-state index in [4.69, 9.17) is 5.73 Å². The van der Waals surface area contributed by atoms with E-state index in [1.165, 1.54) is 71.0 Å². The van der Waals surface area contributed by atoms with Gasteiger partial charge in [-0.05, 0) is 57.0 Å². The molecule has 0 amide bonds. The summed E-state index contributed by atoms with van der Waals surface area (Å²) in [5.41, 5.74) is 6.30. The summed E-state index contributed by atoms with van der Waals surface area (Å²) in [4.78, 5) is 2.70. The van der Waals surface area contributed by atoms with Gasteiger partial charge >= 0.3 is 0 Å². The third-order valence-corrected chi connectivity index (χ3v) is 4.74. The molecule has 1 saturated heterocycles. The van der Waals surface area contributed by atoms with Gasteiger partial charge in [0.2, 0.25) is 0 Å². The van der Waals surface area contributed by atoms with Crippen molar-refractivity contribution in [3.63, 3.8) is 0 Å². The van der Waals surface area contributed by atoms with Crippen LogP contribution in [-0.2, 0) is 0 Å². The molecule has 0 radical (unpaired) electrons. The Labute approximate surface area is 107 Å². The lowest BCUT2D eigenvalue weighted by atomic mass is 9.79. The van der Waals surface area contributed by atoms with E-state index in [-0.39, 0.29) is 0 Å². The number of nitrogens with zero attached hydrogens (tertiary/aromatic N) is 1. The maximum Gasteiger partial charge on any atom is 0.00795 e. The van der Waals surface area contributed by atoms with Crippen LogP contribution < -0.4 is 5.73 Å². The molecule has 2 rings (SSSR count). The number of hydrogen-bond donors (Lipinski definition) is 1. The van der Waals surface area contributed by atoms with Crippen LogP contribution in [0.3, 0.4) is 0 Å². The molecule has 2 nitrogen and oxygen atoms in total. The fourth-order valence-electron chi connectivity index (χ4n) is 3.56. The molecule has 2 aliphatic rings. The Kier molecular flexibility index (Phi) is 5.30. The second kappa shape index (κ2) is 6.75. The van der Waals surface area contributed by atoms with Crippen LogP contribution >= 0.6 is 0 Å². The molecule has 1 saturated carbocycles. The first-order chi connectivity index (χ1) is 8.25. The second-order valence-corrected chi connectivity index (χ2v) is 6.41. The fraction of sp³-hybridized carbons (Fsp3) is 1.00. The number of hydrogen-bond acceptors (Lipinski definition) is 2. The summed E-state index contributed by atoms with van der Waals surface area (Å²) in [6.45, 7) is 6.30. The Morgan fingerprint density at radius 2 is 1.65 bits per heavy atom. The molecule has 0 aromatic rings. The van der Waals surface area contributed by atoms with Gasteiger partial charge in [0.25, 0.3) is 0 Å². The van der Waals surface area contributed by atoms with Crippen LogP contribution in [0.15, 0.2) is 0 Å². The van der Waals surface area contributed by atoms with Crippen molar-refractivity contribution in [2.45, 2.75) is 64.3 Å². The molecule has 0 aromatic carbocycles. The average Bonchev–Trinajstić information content (AvgIpc) is 2.27. The minimum absolute atomic E-state index is 0.469. The molecule has 0 spiro atoms. The summed E-state index contributed by atoms with van der Waals surface area (Å²) in [5, 5.41) is 0. The number of nitrogens with two attached hydrogens (primary N) is 1. The van der Waals surface area contributed by atoms with Gasteiger partial charge in [-0.1, -0.05) is 26.2 Å². The molecule has 0 bridgehead atoms. The standard InChI is InChI=1S/C15H30N2/c1-13-7-8-15(16)14(11-13)12-17-9-5-3-2-4-6-10-17/h13-15H,2-12,16H2,1H3. The van der Waals surface area contributed by atoms with Gasteiger partial charge in [-0.15, -0.1) is 0 Å². The van der Waals surface area contributed by atoms with E-state index >= 15 is 0 Å². The first-order valence-electron chi connectivity index (χ1n) is 7.73. The smallest absolute Gasteiger partial charge is 0.00795 e. The molecule has 1 heterocycles. The Bertz CT molecular complexity index is 209. The van der Waals surface area contributed by atoms with Crippen molar-refractivity contribution in [3.05, 3.63) is 0 Å². The van der Waals surface area contributed by atoms with E-state index in [1.807, 2.05) is 0 Å². The van der Waals surface area contributed by atoms with Crippen LogP contribution in [0.4, 0.5) is 0 Å². The van der Waals surface area contributed by atoms with Crippen LogP contribution in [-0.4, -0.2) is 30.6 Å². The zero-order valence-electron chi connectivity index (χ0n) is 11.5. The van der Waals surface area contributed by atoms with Crippen LogP contribution in [0.5, 0.6) is 0 Å². The van der Waals surface area contributed by atoms with Crippen LogP contribution in [0.1, 0.15) is 58.3 Å². The van der Waals surface area contributed by atoms with Crippen LogP contribution in [0.25, 0.3) is 0 Å². The Morgan fingerprint density at radius 1 is 1.00 bits per heavy atom. The highest BCUT2D eigenvalue weighted by molar-refractivity contribution is 4.83. The minimum Gasteiger partial charge on any atom is -0.327 e. The van der Waals surface area contributed by atoms with E-state index in [9.17, 15) is 0 Å². The zero-order valence-corrected chi connectivity index (χ0v) is 11.5. The van der Waals surface area contributed by atoms with Gasteiger partial charge in [0, 0.05) is 12.6 Å². The quantitative estimate of drug-likeness (QED) is 0.801. The Hall–Kier alpha value is -0.0800. The molecular weight excluding hydrogens is 208 g/mol. The molecule has 1 aliphatic heterocycles. The van der Waals surface area contributed by atoms with Crippen molar-refractivity contribution in [3.8, 4) is 0 Å². The van der Waals surface area contributed by atoms with Gasteiger partial charge in [0.1, 0.15) is 0 Å². The third kappa shape index (κ3) is 4.26. The van der Waals surface area contributed by atoms with Gasteiger partial charge in [-0.3, -0.25) is 0 Å². The number of rotatable bonds is 2. The lowest BCUT2D eigenvalue weighted by molar-refractivity contribution is 0.153. The second-order valence-electron chi connectivity index (χ2n) is 6.41. The molecule has 3 atom stereocenters.